The highest BCUT2D eigenvalue weighted by Crippen LogP contribution is 2.14. The zero-order chi connectivity index (χ0) is 9.52. The topological polar surface area (TPSA) is 12.0 Å². The van der Waals surface area contributed by atoms with Crippen molar-refractivity contribution in [3.63, 3.8) is 0 Å². The summed E-state index contributed by atoms with van der Waals surface area (Å²) in [6.45, 7) is 3.04. The Morgan fingerprint density at radius 2 is 2.08 bits per heavy atom. The molecule has 0 spiro atoms. The molecule has 0 saturated heterocycles. The molecule has 0 saturated carbocycles. The summed E-state index contributed by atoms with van der Waals surface area (Å²) in [5.74, 6) is 2.69. The fourth-order valence-corrected chi connectivity index (χ4v) is 1.36. The van der Waals surface area contributed by atoms with Gasteiger partial charge in [0, 0.05) is 12.5 Å². The maximum atomic E-state index is 5.31. The number of rotatable bonds is 4. The Hall–Kier alpha value is -1.26. The van der Waals surface area contributed by atoms with Crippen LogP contribution in [-0.4, -0.2) is 6.54 Å². The van der Waals surface area contributed by atoms with Gasteiger partial charge in [0.15, 0.2) is 0 Å². The van der Waals surface area contributed by atoms with Gasteiger partial charge in [-0.05, 0) is 12.1 Å². The lowest BCUT2D eigenvalue weighted by Crippen LogP contribution is -2.20. The summed E-state index contributed by atoms with van der Waals surface area (Å²) >= 11 is 0. The molecule has 1 rings (SSSR count). The second kappa shape index (κ2) is 5.40. The second-order valence-corrected chi connectivity index (χ2v) is 2.93. The third-order valence-electron chi connectivity index (χ3n) is 1.97. The molecule has 0 heterocycles. The molecule has 1 aromatic carbocycles. The third kappa shape index (κ3) is 2.93. The quantitative estimate of drug-likeness (QED) is 0.689. The number of terminal acetylenes is 1. The molecule has 1 heteroatoms. The van der Waals surface area contributed by atoms with Crippen LogP contribution in [0.3, 0.4) is 0 Å². The van der Waals surface area contributed by atoms with Crippen molar-refractivity contribution in [2.75, 3.05) is 6.54 Å². The Bertz CT molecular complexity index is 271. The first-order valence-electron chi connectivity index (χ1n) is 4.60. The van der Waals surface area contributed by atoms with Gasteiger partial charge in [0.05, 0.1) is 0 Å². The molecule has 0 bridgehead atoms. The average Bonchev–Trinajstić information content (AvgIpc) is 2.19. The molecule has 0 aliphatic carbocycles. The van der Waals surface area contributed by atoms with Gasteiger partial charge in [-0.1, -0.05) is 37.3 Å². The molecule has 0 radical (unpaired) electrons. The van der Waals surface area contributed by atoms with E-state index >= 15 is 0 Å². The molecule has 0 fully saturated rings. The molecule has 1 N–H and O–H groups in total. The van der Waals surface area contributed by atoms with Gasteiger partial charge in [-0.25, -0.2) is 0 Å². The van der Waals surface area contributed by atoms with E-state index < -0.39 is 0 Å². The van der Waals surface area contributed by atoms with E-state index in [-0.39, 0.29) is 0 Å². The van der Waals surface area contributed by atoms with Gasteiger partial charge in [-0.2, -0.15) is 0 Å². The Morgan fingerprint density at radius 3 is 2.62 bits per heavy atom. The van der Waals surface area contributed by atoms with Crippen molar-refractivity contribution in [2.24, 2.45) is 0 Å². The van der Waals surface area contributed by atoms with E-state index in [1.54, 1.807) is 0 Å². The molecule has 0 amide bonds. The number of hydrogen-bond donors (Lipinski definition) is 1. The number of nitrogens with one attached hydrogen (secondary N) is 1. The highest BCUT2D eigenvalue weighted by Gasteiger charge is 2.06. The minimum atomic E-state index is 0.302. The highest BCUT2D eigenvalue weighted by atomic mass is 14.9. The van der Waals surface area contributed by atoms with Crippen molar-refractivity contribution in [1.82, 2.24) is 5.32 Å². The largest absolute Gasteiger partial charge is 0.309 e. The second-order valence-electron chi connectivity index (χ2n) is 2.93. The number of hydrogen-bond acceptors (Lipinski definition) is 1. The van der Waals surface area contributed by atoms with Crippen LogP contribution in [0.15, 0.2) is 30.3 Å². The first kappa shape index (κ1) is 9.83. The summed E-state index contributed by atoms with van der Waals surface area (Å²) in [4.78, 5) is 0. The summed E-state index contributed by atoms with van der Waals surface area (Å²) in [7, 11) is 0. The maximum absolute atomic E-state index is 5.31. The van der Waals surface area contributed by atoms with Crippen molar-refractivity contribution >= 4 is 0 Å². The summed E-state index contributed by atoms with van der Waals surface area (Å²) in [6.07, 6.45) is 6.05. The van der Waals surface area contributed by atoms with Gasteiger partial charge < -0.3 is 5.32 Å². The standard InChI is InChI=1S/C12H15N/c1-3-8-12(13-4-2)11-9-6-5-7-10-11/h1,5-7,9-10,12-13H,4,8H2,2H3. The summed E-state index contributed by atoms with van der Waals surface area (Å²) in [6, 6.07) is 10.6. The van der Waals surface area contributed by atoms with E-state index in [4.69, 9.17) is 6.42 Å². The van der Waals surface area contributed by atoms with Gasteiger partial charge in [0.2, 0.25) is 0 Å². The zero-order valence-electron chi connectivity index (χ0n) is 7.96. The van der Waals surface area contributed by atoms with Gasteiger partial charge in [0.25, 0.3) is 0 Å². The third-order valence-corrected chi connectivity index (χ3v) is 1.97. The van der Waals surface area contributed by atoms with E-state index in [0.717, 1.165) is 13.0 Å². The smallest absolute Gasteiger partial charge is 0.0430 e. The molecule has 1 nitrogen and oxygen atoms in total. The SMILES string of the molecule is C#CCC(NCC)c1ccccc1. The minimum absolute atomic E-state index is 0.302. The molecule has 1 aromatic rings. The van der Waals surface area contributed by atoms with Crippen LogP contribution in [0.4, 0.5) is 0 Å². The van der Waals surface area contributed by atoms with E-state index in [2.05, 4.69) is 30.3 Å². The van der Waals surface area contributed by atoms with E-state index in [0.29, 0.717) is 6.04 Å². The van der Waals surface area contributed by atoms with Crippen LogP contribution in [0, 0.1) is 12.3 Å². The molecular formula is C12H15N. The molecule has 1 unspecified atom stereocenters. The Balaban J connectivity index is 2.71. The lowest BCUT2D eigenvalue weighted by molar-refractivity contribution is 0.565. The monoisotopic (exact) mass is 173 g/mol. The molecule has 0 aliphatic rings. The minimum Gasteiger partial charge on any atom is -0.309 e. The highest BCUT2D eigenvalue weighted by molar-refractivity contribution is 5.20. The van der Waals surface area contributed by atoms with Crippen molar-refractivity contribution in [2.45, 2.75) is 19.4 Å². The Morgan fingerprint density at radius 1 is 1.38 bits per heavy atom. The van der Waals surface area contributed by atoms with E-state index in [1.165, 1.54) is 5.56 Å². The molecule has 68 valence electrons. The predicted octanol–water partition coefficient (Wildman–Crippen LogP) is 2.36. The Kier molecular flexibility index (Phi) is 4.08. The van der Waals surface area contributed by atoms with E-state index in [1.807, 2.05) is 18.2 Å². The average molecular weight is 173 g/mol. The molecule has 1 atom stereocenters. The lowest BCUT2D eigenvalue weighted by Gasteiger charge is -2.15. The van der Waals surface area contributed by atoms with Crippen LogP contribution in [0.2, 0.25) is 0 Å². The van der Waals surface area contributed by atoms with Gasteiger partial charge in [-0.3, -0.25) is 0 Å². The predicted molar refractivity (Wildman–Crippen MR) is 56.3 cm³/mol. The Labute approximate surface area is 80.2 Å². The molecular weight excluding hydrogens is 158 g/mol. The van der Waals surface area contributed by atoms with Gasteiger partial charge in [-0.15, -0.1) is 12.3 Å². The first-order valence-corrected chi connectivity index (χ1v) is 4.60. The van der Waals surface area contributed by atoms with Gasteiger partial charge >= 0.3 is 0 Å². The van der Waals surface area contributed by atoms with Crippen molar-refractivity contribution in [3.8, 4) is 12.3 Å². The van der Waals surface area contributed by atoms with Crippen LogP contribution < -0.4 is 5.32 Å². The lowest BCUT2D eigenvalue weighted by atomic mass is 10.0. The van der Waals surface area contributed by atoms with Crippen molar-refractivity contribution in [1.29, 1.82) is 0 Å². The number of benzene rings is 1. The van der Waals surface area contributed by atoms with Crippen LogP contribution in [0.25, 0.3) is 0 Å². The van der Waals surface area contributed by atoms with Crippen molar-refractivity contribution in [3.05, 3.63) is 35.9 Å². The summed E-state index contributed by atoms with van der Waals surface area (Å²) in [5.41, 5.74) is 1.27. The fraction of sp³-hybridized carbons (Fsp3) is 0.333. The first-order chi connectivity index (χ1) is 6.38. The zero-order valence-corrected chi connectivity index (χ0v) is 7.96. The van der Waals surface area contributed by atoms with Crippen LogP contribution in [0.1, 0.15) is 24.9 Å². The normalized spacial score (nSPS) is 12.0. The fourth-order valence-electron chi connectivity index (χ4n) is 1.36. The van der Waals surface area contributed by atoms with Gasteiger partial charge in [0.1, 0.15) is 0 Å². The molecule has 0 aliphatic heterocycles. The molecule has 0 aromatic heterocycles. The molecule has 13 heavy (non-hydrogen) atoms. The maximum Gasteiger partial charge on any atom is 0.0430 e. The van der Waals surface area contributed by atoms with Crippen LogP contribution in [-0.2, 0) is 0 Å². The van der Waals surface area contributed by atoms with Crippen LogP contribution >= 0.6 is 0 Å². The van der Waals surface area contributed by atoms with Crippen LogP contribution in [0.5, 0.6) is 0 Å². The summed E-state index contributed by atoms with van der Waals surface area (Å²) < 4.78 is 0. The van der Waals surface area contributed by atoms with E-state index in [9.17, 15) is 0 Å². The summed E-state index contributed by atoms with van der Waals surface area (Å²) in [5, 5.41) is 3.36. The van der Waals surface area contributed by atoms with Crippen molar-refractivity contribution < 1.29 is 0 Å².